The van der Waals surface area contributed by atoms with Crippen LogP contribution in [0, 0.1) is 0 Å². The molecule has 0 fully saturated rings. The third-order valence-electron chi connectivity index (χ3n) is 5.39. The highest BCUT2D eigenvalue weighted by atomic mass is 16.5. The Morgan fingerprint density at radius 1 is 1.25 bits per heavy atom. The maximum absolute atomic E-state index is 11.6. The second kappa shape index (κ2) is 5.23. The van der Waals surface area contributed by atoms with Gasteiger partial charge in [-0.25, -0.2) is 0 Å². The van der Waals surface area contributed by atoms with E-state index in [1.54, 1.807) is 26.4 Å². The van der Waals surface area contributed by atoms with Crippen LogP contribution < -0.4 is 9.47 Å². The summed E-state index contributed by atoms with van der Waals surface area (Å²) in [7, 11) is 3.26. The maximum atomic E-state index is 11.6. The largest absolute Gasteiger partial charge is 0.493 e. The number of ketones is 1. The van der Waals surface area contributed by atoms with Crippen LogP contribution in [-0.2, 0) is 21.4 Å². The molecule has 0 unspecified atom stereocenters. The van der Waals surface area contributed by atoms with Gasteiger partial charge in [0.1, 0.15) is 0 Å². The van der Waals surface area contributed by atoms with Gasteiger partial charge in [-0.15, -0.1) is 0 Å². The van der Waals surface area contributed by atoms with Crippen molar-refractivity contribution in [3.05, 3.63) is 47.1 Å². The molecule has 1 aromatic rings. The lowest BCUT2D eigenvalue weighted by molar-refractivity contribution is -0.120. The van der Waals surface area contributed by atoms with Crippen LogP contribution in [0.15, 0.2) is 30.4 Å². The first-order chi connectivity index (χ1) is 11.6. The Balaban J connectivity index is 2.02. The molecule has 3 aliphatic rings. The quantitative estimate of drug-likeness (QED) is 0.799. The molecular formula is C19H19NO4. The van der Waals surface area contributed by atoms with Gasteiger partial charge in [-0.3, -0.25) is 9.59 Å². The molecule has 4 rings (SSSR count). The summed E-state index contributed by atoms with van der Waals surface area (Å²) in [4.78, 5) is 25.0. The van der Waals surface area contributed by atoms with Crippen LogP contribution in [0.4, 0.5) is 0 Å². The second-order valence-electron chi connectivity index (χ2n) is 6.48. The topological polar surface area (TPSA) is 55.8 Å². The number of benzene rings is 1. The van der Waals surface area contributed by atoms with Crippen molar-refractivity contribution in [1.82, 2.24) is 4.90 Å². The fourth-order valence-corrected chi connectivity index (χ4v) is 4.33. The van der Waals surface area contributed by atoms with E-state index in [0.717, 1.165) is 30.4 Å². The minimum absolute atomic E-state index is 0.00329. The minimum atomic E-state index is -0.436. The number of rotatable bonds is 3. The van der Waals surface area contributed by atoms with Gasteiger partial charge in [0.15, 0.2) is 17.3 Å². The first kappa shape index (κ1) is 15.0. The molecule has 24 heavy (non-hydrogen) atoms. The molecule has 1 aliphatic heterocycles. The van der Waals surface area contributed by atoms with Crippen LogP contribution in [0.2, 0.25) is 0 Å². The summed E-state index contributed by atoms with van der Waals surface area (Å²) < 4.78 is 11.2. The number of hydrogen-bond donors (Lipinski definition) is 0. The van der Waals surface area contributed by atoms with Crippen molar-refractivity contribution in [3.63, 3.8) is 0 Å². The van der Waals surface area contributed by atoms with E-state index in [1.165, 1.54) is 5.56 Å². The third-order valence-corrected chi connectivity index (χ3v) is 5.39. The van der Waals surface area contributed by atoms with Gasteiger partial charge in [-0.2, -0.15) is 0 Å². The summed E-state index contributed by atoms with van der Waals surface area (Å²) in [6.45, 7) is 0.693. The van der Waals surface area contributed by atoms with E-state index < -0.39 is 5.41 Å². The van der Waals surface area contributed by atoms with Crippen molar-refractivity contribution in [3.8, 4) is 11.5 Å². The molecule has 0 N–H and O–H groups in total. The van der Waals surface area contributed by atoms with Gasteiger partial charge in [0.25, 0.3) is 0 Å². The van der Waals surface area contributed by atoms with Gasteiger partial charge in [0, 0.05) is 17.5 Å². The van der Waals surface area contributed by atoms with E-state index in [2.05, 4.69) is 0 Å². The summed E-state index contributed by atoms with van der Waals surface area (Å²) in [5.41, 5.74) is 2.93. The number of allylic oxidation sites excluding steroid dienone is 4. The molecule has 1 spiro atoms. The van der Waals surface area contributed by atoms with Gasteiger partial charge in [0.05, 0.1) is 20.3 Å². The van der Waals surface area contributed by atoms with E-state index in [1.807, 2.05) is 23.1 Å². The number of carbonyl (C=O) groups excluding carboxylic acids is 2. The smallest absolute Gasteiger partial charge is 0.210 e. The number of amides is 1. The molecule has 0 saturated heterocycles. The van der Waals surface area contributed by atoms with Crippen LogP contribution in [0.5, 0.6) is 11.5 Å². The highest BCUT2D eigenvalue weighted by Gasteiger charge is 2.49. The highest BCUT2D eigenvalue weighted by Crippen LogP contribution is 2.58. The fraction of sp³-hybridized carbons (Fsp3) is 0.368. The average Bonchev–Trinajstić information content (AvgIpc) is 2.94. The van der Waals surface area contributed by atoms with Crippen LogP contribution in [-0.4, -0.2) is 37.9 Å². The number of ether oxygens (including phenoxy) is 2. The molecule has 1 aromatic carbocycles. The van der Waals surface area contributed by atoms with E-state index in [4.69, 9.17) is 9.47 Å². The molecule has 1 amide bonds. The summed E-state index contributed by atoms with van der Waals surface area (Å²) in [5, 5.41) is 0. The lowest BCUT2D eigenvalue weighted by Crippen LogP contribution is -2.33. The first-order valence-electron chi connectivity index (χ1n) is 8.05. The van der Waals surface area contributed by atoms with Crippen molar-refractivity contribution in [2.24, 2.45) is 0 Å². The first-order valence-corrected chi connectivity index (χ1v) is 8.05. The standard InChI is InChI=1S/C19H19NO4/c1-23-15-9-12-5-8-20(11-21)14-10-19(6-3-13(22)4-7-19)17(16(12)14)18(15)24-2/h3-4,6-7,9,11,14H,5,8,10H2,1-2H3/t14-/m1/s1. The third kappa shape index (κ3) is 1.87. The maximum Gasteiger partial charge on any atom is 0.210 e. The summed E-state index contributed by atoms with van der Waals surface area (Å²) in [6, 6.07) is 2.02. The van der Waals surface area contributed by atoms with E-state index in [9.17, 15) is 9.59 Å². The number of carbonyl (C=O) groups is 2. The Morgan fingerprint density at radius 3 is 2.62 bits per heavy atom. The van der Waals surface area contributed by atoms with E-state index >= 15 is 0 Å². The Kier molecular flexibility index (Phi) is 3.27. The molecule has 2 aliphatic carbocycles. The molecule has 0 saturated carbocycles. The van der Waals surface area contributed by atoms with Gasteiger partial charge in [-0.05, 0) is 42.2 Å². The predicted octanol–water partition coefficient (Wildman–Crippen LogP) is 2.10. The van der Waals surface area contributed by atoms with Gasteiger partial charge >= 0.3 is 0 Å². The van der Waals surface area contributed by atoms with Gasteiger partial charge < -0.3 is 14.4 Å². The van der Waals surface area contributed by atoms with Crippen molar-refractivity contribution >= 4 is 12.2 Å². The molecule has 0 radical (unpaired) electrons. The molecular weight excluding hydrogens is 306 g/mol. The molecule has 124 valence electrons. The Morgan fingerprint density at radius 2 is 2.00 bits per heavy atom. The lowest BCUT2D eigenvalue weighted by Gasteiger charge is -2.32. The Hall–Kier alpha value is -2.56. The number of fused-ring (bicyclic) bond motifs is 1. The zero-order valence-electron chi connectivity index (χ0n) is 13.7. The zero-order chi connectivity index (χ0) is 16.9. The molecule has 5 heteroatoms. The monoisotopic (exact) mass is 325 g/mol. The zero-order valence-corrected chi connectivity index (χ0v) is 13.7. The van der Waals surface area contributed by atoms with Crippen molar-refractivity contribution in [2.45, 2.75) is 24.3 Å². The normalized spacial score (nSPS) is 22.7. The van der Waals surface area contributed by atoms with Gasteiger partial charge in [0.2, 0.25) is 6.41 Å². The number of methoxy groups -OCH3 is 2. The molecule has 5 nitrogen and oxygen atoms in total. The number of nitrogens with zero attached hydrogens (tertiary/aromatic N) is 1. The lowest BCUT2D eigenvalue weighted by atomic mass is 9.77. The Bertz CT molecular complexity index is 777. The van der Waals surface area contributed by atoms with E-state index in [0.29, 0.717) is 18.0 Å². The fourth-order valence-electron chi connectivity index (χ4n) is 4.33. The van der Waals surface area contributed by atoms with Gasteiger partial charge in [-0.1, -0.05) is 12.2 Å². The van der Waals surface area contributed by atoms with Crippen molar-refractivity contribution < 1.29 is 19.1 Å². The molecule has 0 aromatic heterocycles. The second-order valence-corrected chi connectivity index (χ2v) is 6.48. The summed E-state index contributed by atoms with van der Waals surface area (Å²) in [5.74, 6) is 1.37. The van der Waals surface area contributed by atoms with Crippen LogP contribution >= 0.6 is 0 Å². The number of hydrogen-bond acceptors (Lipinski definition) is 4. The minimum Gasteiger partial charge on any atom is -0.493 e. The summed E-state index contributed by atoms with van der Waals surface area (Å²) in [6.07, 6.45) is 9.52. The van der Waals surface area contributed by atoms with E-state index in [-0.39, 0.29) is 11.8 Å². The highest BCUT2D eigenvalue weighted by molar-refractivity contribution is 6.01. The SMILES string of the molecule is COc1cc2c3c(c1OC)C1(C=CC(=O)C=C1)C[C@H]3N(C=O)CC2. The molecule has 1 atom stereocenters. The van der Waals surface area contributed by atoms with Crippen LogP contribution in [0.1, 0.15) is 29.2 Å². The van der Waals surface area contributed by atoms with Crippen molar-refractivity contribution in [1.29, 1.82) is 0 Å². The molecule has 1 heterocycles. The van der Waals surface area contributed by atoms with Crippen LogP contribution in [0.25, 0.3) is 0 Å². The predicted molar refractivity (Wildman–Crippen MR) is 88.3 cm³/mol. The summed E-state index contributed by atoms with van der Waals surface area (Å²) >= 11 is 0. The van der Waals surface area contributed by atoms with Crippen molar-refractivity contribution in [2.75, 3.05) is 20.8 Å². The molecule has 0 bridgehead atoms. The average molecular weight is 325 g/mol. The van der Waals surface area contributed by atoms with Crippen LogP contribution in [0.3, 0.4) is 0 Å². The Labute approximate surface area is 140 Å².